The minimum atomic E-state index is -2.03. The molecule has 0 aliphatic carbocycles. The monoisotopic (exact) mass is 425 g/mol. The number of nitrogens with zero attached hydrogens (tertiary/aromatic N) is 1. The summed E-state index contributed by atoms with van der Waals surface area (Å²) in [5.41, 5.74) is 0.0196. The third-order valence-electron chi connectivity index (χ3n) is 5.71. The lowest BCUT2D eigenvalue weighted by Crippen LogP contribution is -2.45. The van der Waals surface area contributed by atoms with Gasteiger partial charge in [-0.3, -0.25) is 4.90 Å². The topological polar surface area (TPSA) is 48.0 Å². The highest BCUT2D eigenvalue weighted by atomic mass is 28.4. The molecule has 7 heteroatoms. The lowest BCUT2D eigenvalue weighted by Gasteiger charge is -2.38. The number of hydrogen-bond acceptors (Lipinski definition) is 4. The lowest BCUT2D eigenvalue weighted by molar-refractivity contribution is 0.0207. The summed E-state index contributed by atoms with van der Waals surface area (Å²) in [7, 11) is -0.480. The molecule has 164 valence electrons. The van der Waals surface area contributed by atoms with Crippen LogP contribution in [0.2, 0.25) is 18.1 Å². The second kappa shape index (κ2) is 8.26. The summed E-state index contributed by atoms with van der Waals surface area (Å²) < 4.78 is 31.7. The summed E-state index contributed by atoms with van der Waals surface area (Å²) in [4.78, 5) is 14.6. The number of ether oxygens (including phenoxy) is 2. The maximum atomic E-state index is 14.0. The summed E-state index contributed by atoms with van der Waals surface area (Å²) >= 11 is 0. The zero-order valence-electron chi connectivity index (χ0n) is 19.3. The SMILES string of the molecule is COc1ccc(F)cc1C1C[C@@H](O[Si](C)(C)C(C)(C)C)CN1C(=O)OC(C)(C)C. The quantitative estimate of drug-likeness (QED) is 0.563. The van der Waals surface area contributed by atoms with Gasteiger partial charge in [0.1, 0.15) is 17.2 Å². The standard InChI is InChI=1S/C22H36FNO4Si/c1-21(2,3)27-20(25)24-14-16(28-29(8,9)22(4,5)6)13-18(24)17-12-15(23)10-11-19(17)26-7/h10-12,16,18H,13-14H2,1-9H3/t16-,18?/m1/s1. The van der Waals surface area contributed by atoms with Gasteiger partial charge >= 0.3 is 6.09 Å². The number of amides is 1. The molecule has 1 fully saturated rings. The molecule has 1 aliphatic rings. The van der Waals surface area contributed by atoms with Crippen LogP contribution >= 0.6 is 0 Å². The molecule has 1 unspecified atom stereocenters. The van der Waals surface area contributed by atoms with Crippen LogP contribution in [0.3, 0.4) is 0 Å². The Labute approximate surface area is 175 Å². The molecule has 1 aliphatic heterocycles. The van der Waals surface area contributed by atoms with Crippen LogP contribution in [-0.2, 0) is 9.16 Å². The van der Waals surface area contributed by atoms with E-state index in [0.29, 0.717) is 24.3 Å². The second-order valence-corrected chi connectivity index (χ2v) is 15.0. The summed E-state index contributed by atoms with van der Waals surface area (Å²) in [5.74, 6) is 0.191. The predicted octanol–water partition coefficient (Wildman–Crippen LogP) is 5.91. The Morgan fingerprint density at radius 2 is 1.79 bits per heavy atom. The van der Waals surface area contributed by atoms with Crippen molar-refractivity contribution in [3.8, 4) is 5.75 Å². The highest BCUT2D eigenvalue weighted by Crippen LogP contribution is 2.43. The van der Waals surface area contributed by atoms with Gasteiger partial charge in [-0.1, -0.05) is 20.8 Å². The lowest BCUT2D eigenvalue weighted by atomic mass is 10.0. The van der Waals surface area contributed by atoms with Crippen LogP contribution < -0.4 is 4.74 Å². The largest absolute Gasteiger partial charge is 0.496 e. The Bertz CT molecular complexity index is 739. The van der Waals surface area contributed by atoms with Gasteiger partial charge in [0.05, 0.1) is 19.3 Å². The fourth-order valence-electron chi connectivity index (χ4n) is 3.26. The molecule has 1 saturated heterocycles. The summed E-state index contributed by atoms with van der Waals surface area (Å²) in [6.07, 6.45) is 0.0162. The van der Waals surface area contributed by atoms with Crippen LogP contribution in [0.15, 0.2) is 18.2 Å². The van der Waals surface area contributed by atoms with Gasteiger partial charge in [0, 0.05) is 12.1 Å². The normalized spacial score (nSPS) is 20.7. The van der Waals surface area contributed by atoms with Crippen LogP contribution in [0.4, 0.5) is 9.18 Å². The van der Waals surface area contributed by atoms with Crippen molar-refractivity contribution in [2.75, 3.05) is 13.7 Å². The molecular weight excluding hydrogens is 389 g/mol. The van der Waals surface area contributed by atoms with Crippen LogP contribution in [0.25, 0.3) is 0 Å². The van der Waals surface area contributed by atoms with Gasteiger partial charge in [-0.15, -0.1) is 0 Å². The summed E-state index contributed by atoms with van der Waals surface area (Å²) in [5, 5.41) is 0.0539. The van der Waals surface area contributed by atoms with Crippen molar-refractivity contribution in [3.05, 3.63) is 29.6 Å². The summed E-state index contributed by atoms with van der Waals surface area (Å²) in [6, 6.07) is 4.03. The molecule has 1 aromatic rings. The molecule has 2 atom stereocenters. The Morgan fingerprint density at radius 3 is 2.31 bits per heavy atom. The molecule has 29 heavy (non-hydrogen) atoms. The van der Waals surface area contributed by atoms with Gasteiger partial charge in [-0.05, 0) is 63.5 Å². The zero-order valence-corrected chi connectivity index (χ0v) is 20.3. The van der Waals surface area contributed by atoms with Crippen LogP contribution in [0.5, 0.6) is 5.75 Å². The van der Waals surface area contributed by atoms with E-state index in [1.807, 2.05) is 20.8 Å². The molecule has 5 nitrogen and oxygen atoms in total. The van der Waals surface area contributed by atoms with E-state index in [1.165, 1.54) is 12.1 Å². The highest BCUT2D eigenvalue weighted by molar-refractivity contribution is 6.74. The molecule has 0 saturated carbocycles. The van der Waals surface area contributed by atoms with E-state index in [4.69, 9.17) is 13.9 Å². The predicted molar refractivity (Wildman–Crippen MR) is 115 cm³/mol. The molecule has 0 radical (unpaired) electrons. The van der Waals surface area contributed by atoms with Crippen LogP contribution in [0.1, 0.15) is 59.6 Å². The van der Waals surface area contributed by atoms with E-state index in [1.54, 1.807) is 18.1 Å². The Balaban J connectivity index is 2.38. The van der Waals surface area contributed by atoms with E-state index < -0.39 is 20.0 Å². The molecule has 2 rings (SSSR count). The fraction of sp³-hybridized carbons (Fsp3) is 0.682. The van der Waals surface area contributed by atoms with Gasteiger partial charge in [0.2, 0.25) is 0 Å². The molecule has 0 N–H and O–H groups in total. The van der Waals surface area contributed by atoms with Gasteiger partial charge in [0.25, 0.3) is 0 Å². The zero-order chi connectivity index (χ0) is 22.2. The fourth-order valence-corrected chi connectivity index (χ4v) is 4.62. The van der Waals surface area contributed by atoms with Crippen molar-refractivity contribution in [2.24, 2.45) is 0 Å². The minimum Gasteiger partial charge on any atom is -0.496 e. The Morgan fingerprint density at radius 1 is 1.17 bits per heavy atom. The van der Waals surface area contributed by atoms with E-state index >= 15 is 0 Å². The van der Waals surface area contributed by atoms with Gasteiger partial charge in [0.15, 0.2) is 8.32 Å². The van der Waals surface area contributed by atoms with Crippen molar-refractivity contribution in [3.63, 3.8) is 0 Å². The van der Waals surface area contributed by atoms with Gasteiger partial charge in [-0.2, -0.15) is 0 Å². The number of hydrogen-bond donors (Lipinski definition) is 0. The van der Waals surface area contributed by atoms with Crippen LogP contribution in [0, 0.1) is 5.82 Å². The molecule has 1 amide bonds. The first-order valence-electron chi connectivity index (χ1n) is 10.2. The van der Waals surface area contributed by atoms with E-state index in [-0.39, 0.29) is 23.0 Å². The number of carbonyl (C=O) groups excluding carboxylic acids is 1. The third kappa shape index (κ3) is 5.72. The Kier molecular flexibility index (Phi) is 6.74. The smallest absolute Gasteiger partial charge is 0.410 e. The Hall–Kier alpha value is -1.60. The molecule has 0 spiro atoms. The van der Waals surface area contributed by atoms with Crippen molar-refractivity contribution in [1.29, 1.82) is 0 Å². The van der Waals surface area contributed by atoms with E-state index in [2.05, 4.69) is 33.9 Å². The third-order valence-corrected chi connectivity index (χ3v) is 10.2. The number of benzene rings is 1. The first-order valence-corrected chi connectivity index (χ1v) is 13.1. The van der Waals surface area contributed by atoms with E-state index in [0.717, 1.165) is 0 Å². The second-order valence-electron chi connectivity index (χ2n) is 10.3. The molecule has 0 bridgehead atoms. The number of halogens is 1. The molecule has 1 heterocycles. The summed E-state index contributed by atoms with van der Waals surface area (Å²) in [6.45, 7) is 16.9. The van der Waals surface area contributed by atoms with Crippen LogP contribution in [-0.4, -0.2) is 44.7 Å². The average molecular weight is 426 g/mol. The first kappa shape index (κ1) is 23.7. The highest BCUT2D eigenvalue weighted by Gasteiger charge is 2.45. The van der Waals surface area contributed by atoms with Gasteiger partial charge in [-0.25, -0.2) is 9.18 Å². The maximum absolute atomic E-state index is 14.0. The molecule has 1 aromatic carbocycles. The van der Waals surface area contributed by atoms with Crippen molar-refractivity contribution in [2.45, 2.75) is 83.8 Å². The van der Waals surface area contributed by atoms with E-state index in [9.17, 15) is 9.18 Å². The molecular formula is C22H36FNO4Si. The minimum absolute atomic E-state index is 0.0539. The number of carbonyl (C=O) groups is 1. The molecule has 0 aromatic heterocycles. The van der Waals surface area contributed by atoms with Crippen molar-refractivity contribution >= 4 is 14.4 Å². The number of methoxy groups -OCH3 is 1. The van der Waals surface area contributed by atoms with Crippen molar-refractivity contribution < 1.29 is 23.1 Å². The average Bonchev–Trinajstić information content (AvgIpc) is 2.95. The van der Waals surface area contributed by atoms with Gasteiger partial charge < -0.3 is 13.9 Å². The maximum Gasteiger partial charge on any atom is 0.410 e. The first-order chi connectivity index (χ1) is 13.1. The van der Waals surface area contributed by atoms with Crippen molar-refractivity contribution in [1.82, 2.24) is 4.90 Å². The number of rotatable bonds is 4. The number of likely N-dealkylation sites (tertiary alicyclic amines) is 1.